The first-order chi connectivity index (χ1) is 12.7. The van der Waals surface area contributed by atoms with Gasteiger partial charge in [-0.25, -0.2) is 4.98 Å². The van der Waals surface area contributed by atoms with Crippen molar-refractivity contribution in [1.82, 2.24) is 24.3 Å². The van der Waals surface area contributed by atoms with E-state index in [1.807, 2.05) is 29.1 Å². The number of carbonyl (C=O) groups is 2. The molecule has 0 radical (unpaired) electrons. The topological polar surface area (TPSA) is 81.3 Å². The van der Waals surface area contributed by atoms with E-state index in [2.05, 4.69) is 15.3 Å². The van der Waals surface area contributed by atoms with Gasteiger partial charge in [0.2, 0.25) is 0 Å². The number of aromatic nitrogens is 4. The van der Waals surface area contributed by atoms with Crippen molar-refractivity contribution in [1.29, 1.82) is 0 Å². The SMILES string of the molecule is O=Cc1ccc2nc(CNC(=O)c3cncc(-n4cccc4)c3)cn2c1. The molecule has 0 unspecified atom stereocenters. The third-order valence-electron chi connectivity index (χ3n) is 3.98. The first-order valence-electron chi connectivity index (χ1n) is 8.02. The number of nitrogens with one attached hydrogen (secondary N) is 1. The Hall–Kier alpha value is -3.74. The summed E-state index contributed by atoms with van der Waals surface area (Å²) in [6.07, 6.45) is 11.3. The Balaban J connectivity index is 1.49. The van der Waals surface area contributed by atoms with E-state index in [-0.39, 0.29) is 12.5 Å². The molecule has 0 saturated heterocycles. The normalized spacial score (nSPS) is 10.8. The lowest BCUT2D eigenvalue weighted by Gasteiger charge is -2.06. The molecule has 7 nitrogen and oxygen atoms in total. The molecule has 0 saturated carbocycles. The summed E-state index contributed by atoms with van der Waals surface area (Å²) in [6, 6.07) is 9.07. The summed E-state index contributed by atoms with van der Waals surface area (Å²) in [5.74, 6) is -0.225. The molecule has 26 heavy (non-hydrogen) atoms. The quantitative estimate of drug-likeness (QED) is 0.563. The molecule has 0 fully saturated rings. The highest BCUT2D eigenvalue weighted by atomic mass is 16.1. The first kappa shape index (κ1) is 15.8. The molecule has 0 aliphatic heterocycles. The molecule has 1 N–H and O–H groups in total. The predicted octanol–water partition coefficient (Wildman–Crippen LogP) is 2.26. The maximum absolute atomic E-state index is 12.4. The van der Waals surface area contributed by atoms with Gasteiger partial charge in [-0.05, 0) is 30.3 Å². The molecule has 4 aromatic heterocycles. The fourth-order valence-electron chi connectivity index (χ4n) is 2.69. The minimum Gasteiger partial charge on any atom is -0.346 e. The molecule has 0 atom stereocenters. The van der Waals surface area contributed by atoms with Gasteiger partial charge in [-0.15, -0.1) is 0 Å². The third-order valence-corrected chi connectivity index (χ3v) is 3.98. The molecule has 4 heterocycles. The van der Waals surface area contributed by atoms with Crippen LogP contribution >= 0.6 is 0 Å². The van der Waals surface area contributed by atoms with Gasteiger partial charge >= 0.3 is 0 Å². The fourth-order valence-corrected chi connectivity index (χ4v) is 2.69. The Bertz CT molecular complexity index is 1080. The summed E-state index contributed by atoms with van der Waals surface area (Å²) in [7, 11) is 0. The molecule has 0 bridgehead atoms. The number of aldehydes is 1. The zero-order chi connectivity index (χ0) is 17.9. The van der Waals surface area contributed by atoms with Crippen LogP contribution in [0.4, 0.5) is 0 Å². The monoisotopic (exact) mass is 345 g/mol. The van der Waals surface area contributed by atoms with Gasteiger partial charge in [0.05, 0.1) is 29.7 Å². The lowest BCUT2D eigenvalue weighted by molar-refractivity contribution is 0.0949. The van der Waals surface area contributed by atoms with E-state index in [1.165, 1.54) is 6.20 Å². The van der Waals surface area contributed by atoms with Crippen molar-refractivity contribution in [3.05, 3.63) is 84.3 Å². The Morgan fingerprint density at radius 2 is 2.00 bits per heavy atom. The van der Waals surface area contributed by atoms with E-state index in [0.29, 0.717) is 16.8 Å². The smallest absolute Gasteiger partial charge is 0.253 e. The van der Waals surface area contributed by atoms with Crippen LogP contribution in [0.1, 0.15) is 26.4 Å². The highest BCUT2D eigenvalue weighted by Gasteiger charge is 2.09. The molecule has 0 aliphatic rings. The third kappa shape index (κ3) is 3.10. The summed E-state index contributed by atoms with van der Waals surface area (Å²) in [6.45, 7) is 0.282. The second-order valence-corrected chi connectivity index (χ2v) is 5.78. The summed E-state index contributed by atoms with van der Waals surface area (Å²) in [4.78, 5) is 31.8. The Kier molecular flexibility index (Phi) is 4.03. The van der Waals surface area contributed by atoms with E-state index in [1.54, 1.807) is 41.2 Å². The largest absolute Gasteiger partial charge is 0.346 e. The number of hydrogen-bond donors (Lipinski definition) is 1. The van der Waals surface area contributed by atoms with Crippen LogP contribution in [-0.2, 0) is 6.54 Å². The van der Waals surface area contributed by atoms with Crippen LogP contribution < -0.4 is 5.32 Å². The van der Waals surface area contributed by atoms with Crippen LogP contribution in [0.5, 0.6) is 0 Å². The van der Waals surface area contributed by atoms with Crippen molar-refractivity contribution >= 4 is 17.8 Å². The number of pyridine rings is 2. The molecule has 0 aromatic carbocycles. The molecular weight excluding hydrogens is 330 g/mol. The molecular formula is C19H15N5O2. The summed E-state index contributed by atoms with van der Waals surface area (Å²) in [5.41, 5.74) is 3.28. The van der Waals surface area contributed by atoms with Gasteiger partial charge < -0.3 is 14.3 Å². The number of nitrogens with zero attached hydrogens (tertiary/aromatic N) is 4. The number of rotatable bonds is 5. The maximum atomic E-state index is 12.4. The van der Waals surface area contributed by atoms with Gasteiger partial charge in [0, 0.05) is 36.5 Å². The highest BCUT2D eigenvalue weighted by molar-refractivity contribution is 5.94. The van der Waals surface area contributed by atoms with Crippen molar-refractivity contribution in [3.63, 3.8) is 0 Å². The predicted molar refractivity (Wildman–Crippen MR) is 95.3 cm³/mol. The van der Waals surface area contributed by atoms with E-state index in [4.69, 9.17) is 0 Å². The van der Waals surface area contributed by atoms with Crippen LogP contribution in [0, 0.1) is 0 Å². The first-order valence-corrected chi connectivity index (χ1v) is 8.02. The van der Waals surface area contributed by atoms with Gasteiger partial charge in [-0.2, -0.15) is 0 Å². The molecule has 128 valence electrons. The lowest BCUT2D eigenvalue weighted by Crippen LogP contribution is -2.23. The lowest BCUT2D eigenvalue weighted by atomic mass is 10.2. The summed E-state index contributed by atoms with van der Waals surface area (Å²) in [5, 5.41) is 2.84. The number of carbonyl (C=O) groups excluding carboxylic acids is 2. The summed E-state index contributed by atoms with van der Waals surface area (Å²) >= 11 is 0. The van der Waals surface area contributed by atoms with Gasteiger partial charge in [0.1, 0.15) is 5.65 Å². The molecule has 0 spiro atoms. The highest BCUT2D eigenvalue weighted by Crippen LogP contribution is 2.10. The van der Waals surface area contributed by atoms with Crippen LogP contribution in [0.2, 0.25) is 0 Å². The van der Waals surface area contributed by atoms with Crippen LogP contribution in [0.25, 0.3) is 11.3 Å². The molecule has 0 aliphatic carbocycles. The van der Waals surface area contributed by atoms with E-state index < -0.39 is 0 Å². The van der Waals surface area contributed by atoms with E-state index in [0.717, 1.165) is 17.6 Å². The Morgan fingerprint density at radius 3 is 2.81 bits per heavy atom. The van der Waals surface area contributed by atoms with Gasteiger partial charge in [-0.1, -0.05) is 0 Å². The molecule has 1 amide bonds. The second-order valence-electron chi connectivity index (χ2n) is 5.78. The van der Waals surface area contributed by atoms with Crippen LogP contribution in [0.3, 0.4) is 0 Å². The summed E-state index contributed by atoms with van der Waals surface area (Å²) < 4.78 is 3.65. The average Bonchev–Trinajstić information content (AvgIpc) is 3.35. The van der Waals surface area contributed by atoms with Crippen molar-refractivity contribution in [2.45, 2.75) is 6.54 Å². The number of amides is 1. The minimum absolute atomic E-state index is 0.225. The molecule has 7 heteroatoms. The zero-order valence-electron chi connectivity index (χ0n) is 13.7. The maximum Gasteiger partial charge on any atom is 0.253 e. The van der Waals surface area contributed by atoms with Crippen molar-refractivity contribution < 1.29 is 9.59 Å². The van der Waals surface area contributed by atoms with Crippen molar-refractivity contribution in [3.8, 4) is 5.69 Å². The van der Waals surface area contributed by atoms with Crippen molar-refractivity contribution in [2.75, 3.05) is 0 Å². The Morgan fingerprint density at radius 1 is 1.15 bits per heavy atom. The average molecular weight is 345 g/mol. The number of fused-ring (bicyclic) bond motifs is 1. The van der Waals surface area contributed by atoms with E-state index >= 15 is 0 Å². The molecule has 4 rings (SSSR count). The molecule has 4 aromatic rings. The van der Waals surface area contributed by atoms with Crippen LogP contribution in [-0.4, -0.2) is 31.1 Å². The van der Waals surface area contributed by atoms with E-state index in [9.17, 15) is 9.59 Å². The second kappa shape index (κ2) is 6.64. The Labute approximate surface area is 148 Å². The standard InChI is InChI=1S/C19H15N5O2/c25-13-14-3-4-18-22-16(12-24(18)11-14)9-21-19(26)15-7-17(10-20-8-15)23-5-1-2-6-23/h1-8,10-13H,9H2,(H,21,26). The van der Waals surface area contributed by atoms with Gasteiger partial charge in [0.15, 0.2) is 6.29 Å². The number of imidazole rings is 1. The minimum atomic E-state index is -0.225. The fraction of sp³-hybridized carbons (Fsp3) is 0.0526. The number of hydrogen-bond acceptors (Lipinski definition) is 4. The zero-order valence-corrected chi connectivity index (χ0v) is 13.7. The van der Waals surface area contributed by atoms with Gasteiger partial charge in [-0.3, -0.25) is 14.6 Å². The van der Waals surface area contributed by atoms with Crippen molar-refractivity contribution in [2.24, 2.45) is 0 Å². The van der Waals surface area contributed by atoms with Gasteiger partial charge in [0.25, 0.3) is 5.91 Å². The van der Waals surface area contributed by atoms with Crippen LogP contribution in [0.15, 0.2) is 67.5 Å².